The highest BCUT2D eigenvalue weighted by molar-refractivity contribution is 5.93. The minimum absolute atomic E-state index is 0. The molecule has 1 saturated carbocycles. The number of ether oxygens (including phenoxy) is 1. The van der Waals surface area contributed by atoms with Gasteiger partial charge in [-0.05, 0) is 37.4 Å². The number of carbonyl (C=O) groups is 1. The van der Waals surface area contributed by atoms with E-state index in [2.05, 4.69) is 10.6 Å². The number of halogens is 1. The maximum atomic E-state index is 11.7. The maximum Gasteiger partial charge on any atom is 0.238 e. The summed E-state index contributed by atoms with van der Waals surface area (Å²) < 4.78 is 5.16. The zero-order valence-corrected chi connectivity index (χ0v) is 11.3. The van der Waals surface area contributed by atoms with E-state index in [0.29, 0.717) is 18.0 Å². The molecule has 1 aromatic rings. The number of nitrogens with one attached hydrogen (secondary N) is 2. The lowest BCUT2D eigenvalue weighted by molar-refractivity contribution is -0.115. The van der Waals surface area contributed by atoms with Crippen molar-refractivity contribution < 1.29 is 9.53 Å². The Morgan fingerprint density at radius 3 is 2.78 bits per heavy atom. The van der Waals surface area contributed by atoms with Gasteiger partial charge < -0.3 is 15.4 Å². The van der Waals surface area contributed by atoms with Gasteiger partial charge in [-0.15, -0.1) is 12.4 Å². The number of methoxy groups -OCH3 is 1. The SMILES string of the molecule is COc1ccccc1NC(=O)CNCC1CC1.Cl. The average Bonchev–Trinajstić information content (AvgIpc) is 3.14. The summed E-state index contributed by atoms with van der Waals surface area (Å²) in [6.45, 7) is 1.30. The van der Waals surface area contributed by atoms with Crippen LogP contribution in [-0.4, -0.2) is 26.1 Å². The van der Waals surface area contributed by atoms with Crippen LogP contribution in [0.3, 0.4) is 0 Å². The molecule has 2 N–H and O–H groups in total. The predicted molar refractivity (Wildman–Crippen MR) is 74.5 cm³/mol. The Kier molecular flexibility index (Phi) is 5.95. The standard InChI is InChI=1S/C13H18N2O2.ClH/c1-17-12-5-3-2-4-11(12)15-13(16)9-14-8-10-6-7-10;/h2-5,10,14H,6-9H2,1H3,(H,15,16);1H. The molecule has 4 nitrogen and oxygen atoms in total. The largest absolute Gasteiger partial charge is 0.495 e. The van der Waals surface area contributed by atoms with Gasteiger partial charge in [0.05, 0.1) is 19.3 Å². The van der Waals surface area contributed by atoms with Crippen LogP contribution < -0.4 is 15.4 Å². The summed E-state index contributed by atoms with van der Waals surface area (Å²) in [4.78, 5) is 11.7. The molecular weight excluding hydrogens is 252 g/mol. The van der Waals surface area contributed by atoms with Crippen molar-refractivity contribution in [1.82, 2.24) is 5.32 Å². The first-order valence-electron chi connectivity index (χ1n) is 5.93. The molecule has 1 aliphatic carbocycles. The van der Waals surface area contributed by atoms with E-state index >= 15 is 0 Å². The van der Waals surface area contributed by atoms with Crippen molar-refractivity contribution in [3.63, 3.8) is 0 Å². The third-order valence-corrected chi connectivity index (χ3v) is 2.80. The fraction of sp³-hybridized carbons (Fsp3) is 0.462. The lowest BCUT2D eigenvalue weighted by atomic mass is 10.3. The number of carbonyl (C=O) groups excluding carboxylic acids is 1. The number of hydrogen-bond acceptors (Lipinski definition) is 3. The average molecular weight is 271 g/mol. The van der Waals surface area contributed by atoms with Gasteiger partial charge in [0.2, 0.25) is 5.91 Å². The van der Waals surface area contributed by atoms with Crippen LogP contribution in [0.2, 0.25) is 0 Å². The maximum absolute atomic E-state index is 11.7. The zero-order chi connectivity index (χ0) is 12.1. The Morgan fingerprint density at radius 2 is 2.11 bits per heavy atom. The molecule has 0 heterocycles. The van der Waals surface area contributed by atoms with Gasteiger partial charge in [0.25, 0.3) is 0 Å². The first kappa shape index (κ1) is 14.8. The highest BCUT2D eigenvalue weighted by Crippen LogP contribution is 2.27. The van der Waals surface area contributed by atoms with Crippen LogP contribution in [0, 0.1) is 5.92 Å². The first-order chi connectivity index (χ1) is 8.29. The van der Waals surface area contributed by atoms with Crippen molar-refractivity contribution in [1.29, 1.82) is 0 Å². The van der Waals surface area contributed by atoms with E-state index in [1.807, 2.05) is 24.3 Å². The van der Waals surface area contributed by atoms with E-state index in [1.54, 1.807) is 7.11 Å². The van der Waals surface area contributed by atoms with E-state index in [4.69, 9.17) is 4.74 Å². The Balaban J connectivity index is 0.00000162. The van der Waals surface area contributed by atoms with Gasteiger partial charge in [0.1, 0.15) is 5.75 Å². The molecule has 1 aliphatic rings. The Hall–Kier alpha value is -1.26. The minimum atomic E-state index is -0.0323. The van der Waals surface area contributed by atoms with Crippen LogP contribution in [0.15, 0.2) is 24.3 Å². The molecule has 0 atom stereocenters. The molecule has 2 rings (SSSR count). The molecule has 100 valence electrons. The summed E-state index contributed by atoms with van der Waals surface area (Å²) in [5.74, 6) is 1.44. The van der Waals surface area contributed by atoms with Crippen molar-refractivity contribution >= 4 is 24.0 Å². The molecule has 5 heteroatoms. The Labute approximate surface area is 114 Å². The van der Waals surface area contributed by atoms with E-state index < -0.39 is 0 Å². The molecule has 0 saturated heterocycles. The van der Waals surface area contributed by atoms with Crippen molar-refractivity contribution in [3.05, 3.63) is 24.3 Å². The summed E-state index contributed by atoms with van der Waals surface area (Å²) in [7, 11) is 1.59. The quantitative estimate of drug-likeness (QED) is 0.832. The topological polar surface area (TPSA) is 50.4 Å². The van der Waals surface area contributed by atoms with Crippen molar-refractivity contribution in [3.8, 4) is 5.75 Å². The summed E-state index contributed by atoms with van der Waals surface area (Å²) >= 11 is 0. The molecule has 0 unspecified atom stereocenters. The molecule has 1 fully saturated rings. The lowest BCUT2D eigenvalue weighted by Crippen LogP contribution is -2.29. The first-order valence-corrected chi connectivity index (χ1v) is 5.93. The van der Waals surface area contributed by atoms with Crippen LogP contribution in [0.5, 0.6) is 5.75 Å². The molecular formula is C13H19ClN2O2. The molecule has 1 aromatic carbocycles. The zero-order valence-electron chi connectivity index (χ0n) is 10.4. The highest BCUT2D eigenvalue weighted by Gasteiger charge is 2.20. The van der Waals surface area contributed by atoms with Crippen LogP contribution in [0.25, 0.3) is 0 Å². The molecule has 0 radical (unpaired) electrons. The van der Waals surface area contributed by atoms with Crippen LogP contribution >= 0.6 is 12.4 Å². The number of benzene rings is 1. The van der Waals surface area contributed by atoms with Crippen LogP contribution in [0.4, 0.5) is 5.69 Å². The molecule has 0 aromatic heterocycles. The van der Waals surface area contributed by atoms with Gasteiger partial charge in [0, 0.05) is 0 Å². The van der Waals surface area contributed by atoms with Crippen molar-refractivity contribution in [2.45, 2.75) is 12.8 Å². The third-order valence-electron chi connectivity index (χ3n) is 2.80. The number of rotatable bonds is 6. The van der Waals surface area contributed by atoms with E-state index in [9.17, 15) is 4.79 Å². The smallest absolute Gasteiger partial charge is 0.238 e. The second kappa shape index (κ2) is 7.24. The summed E-state index contributed by atoms with van der Waals surface area (Å²) in [5, 5.41) is 5.98. The molecule has 1 amide bonds. The Morgan fingerprint density at radius 1 is 1.39 bits per heavy atom. The highest BCUT2D eigenvalue weighted by atomic mass is 35.5. The van der Waals surface area contributed by atoms with Crippen LogP contribution in [-0.2, 0) is 4.79 Å². The molecule has 0 aliphatic heterocycles. The normalized spacial score (nSPS) is 13.6. The van der Waals surface area contributed by atoms with Gasteiger partial charge in [-0.25, -0.2) is 0 Å². The van der Waals surface area contributed by atoms with Gasteiger partial charge >= 0.3 is 0 Å². The molecule has 0 bridgehead atoms. The fourth-order valence-electron chi connectivity index (χ4n) is 1.65. The third kappa shape index (κ3) is 4.55. The Bertz CT molecular complexity index is 394. The monoisotopic (exact) mass is 270 g/mol. The van der Waals surface area contributed by atoms with E-state index in [-0.39, 0.29) is 18.3 Å². The number of hydrogen-bond donors (Lipinski definition) is 2. The number of amides is 1. The second-order valence-corrected chi connectivity index (χ2v) is 4.32. The van der Waals surface area contributed by atoms with Crippen molar-refractivity contribution in [2.75, 3.05) is 25.5 Å². The van der Waals surface area contributed by atoms with Crippen LogP contribution in [0.1, 0.15) is 12.8 Å². The fourth-order valence-corrected chi connectivity index (χ4v) is 1.65. The summed E-state index contributed by atoms with van der Waals surface area (Å²) in [5.41, 5.74) is 0.716. The van der Waals surface area contributed by atoms with E-state index in [0.717, 1.165) is 12.5 Å². The number of anilines is 1. The molecule has 18 heavy (non-hydrogen) atoms. The minimum Gasteiger partial charge on any atom is -0.495 e. The van der Waals surface area contributed by atoms with Gasteiger partial charge in [-0.3, -0.25) is 4.79 Å². The van der Waals surface area contributed by atoms with Gasteiger partial charge in [0.15, 0.2) is 0 Å². The van der Waals surface area contributed by atoms with Gasteiger partial charge in [-0.1, -0.05) is 12.1 Å². The lowest BCUT2D eigenvalue weighted by Gasteiger charge is -2.10. The van der Waals surface area contributed by atoms with Gasteiger partial charge in [-0.2, -0.15) is 0 Å². The second-order valence-electron chi connectivity index (χ2n) is 4.32. The predicted octanol–water partition coefficient (Wildman–Crippen LogP) is 2.06. The van der Waals surface area contributed by atoms with E-state index in [1.165, 1.54) is 12.8 Å². The molecule has 0 spiro atoms. The summed E-state index contributed by atoms with van der Waals surface area (Å²) in [6, 6.07) is 7.40. The summed E-state index contributed by atoms with van der Waals surface area (Å²) in [6.07, 6.45) is 2.59. The van der Waals surface area contributed by atoms with Crippen molar-refractivity contribution in [2.24, 2.45) is 5.92 Å². The number of para-hydroxylation sites is 2.